The van der Waals surface area contributed by atoms with Crippen LogP contribution in [0.25, 0.3) is 0 Å². The second-order valence-electron chi connectivity index (χ2n) is 5.54. The summed E-state index contributed by atoms with van der Waals surface area (Å²) in [7, 11) is -4.28. The number of alkyl halides is 3. The molecule has 3 N–H and O–H groups in total. The maximum absolute atomic E-state index is 12.5. The standard InChI is InChI=1S/C16H15F3N2O5S/c17-16(18,19)12-4-1-10(2-5-12)14(23)9-27(25,26)21-15(24)11-3-6-13(8-22)20-7-11/h1-7,14,22-23H,8-9H2,(H,21,24). The van der Waals surface area contributed by atoms with Gasteiger partial charge in [-0.3, -0.25) is 9.78 Å². The first-order valence-electron chi connectivity index (χ1n) is 7.47. The summed E-state index contributed by atoms with van der Waals surface area (Å²) in [5.74, 6) is -1.92. The number of carbonyl (C=O) groups excluding carboxylic acids is 1. The molecule has 27 heavy (non-hydrogen) atoms. The fourth-order valence-electron chi connectivity index (χ4n) is 2.09. The molecule has 1 atom stereocenters. The molecule has 1 aromatic carbocycles. The molecule has 2 aromatic rings. The molecule has 1 amide bonds. The topological polar surface area (TPSA) is 117 Å². The zero-order valence-corrected chi connectivity index (χ0v) is 14.5. The van der Waals surface area contributed by atoms with Gasteiger partial charge in [0.15, 0.2) is 0 Å². The van der Waals surface area contributed by atoms with Crippen molar-refractivity contribution in [2.75, 3.05) is 5.75 Å². The Morgan fingerprint density at radius 1 is 1.15 bits per heavy atom. The van der Waals surface area contributed by atoms with Crippen LogP contribution in [0.3, 0.4) is 0 Å². The van der Waals surface area contributed by atoms with Gasteiger partial charge >= 0.3 is 6.18 Å². The Bertz CT molecular complexity index is 897. The Morgan fingerprint density at radius 2 is 1.78 bits per heavy atom. The van der Waals surface area contributed by atoms with Crippen molar-refractivity contribution in [3.05, 3.63) is 65.0 Å². The van der Waals surface area contributed by atoms with Gasteiger partial charge in [0, 0.05) is 6.20 Å². The van der Waals surface area contributed by atoms with Gasteiger partial charge in [0.25, 0.3) is 5.91 Å². The molecule has 2 rings (SSSR count). The van der Waals surface area contributed by atoms with Gasteiger partial charge in [-0.1, -0.05) is 12.1 Å². The first-order chi connectivity index (χ1) is 12.5. The van der Waals surface area contributed by atoms with Crippen molar-refractivity contribution in [1.29, 1.82) is 0 Å². The van der Waals surface area contributed by atoms with Gasteiger partial charge in [-0.15, -0.1) is 0 Å². The number of aromatic nitrogens is 1. The zero-order chi connectivity index (χ0) is 20.2. The lowest BCUT2D eigenvalue weighted by molar-refractivity contribution is -0.137. The Kier molecular flexibility index (Phi) is 6.19. The smallest absolute Gasteiger partial charge is 0.390 e. The van der Waals surface area contributed by atoms with Crippen LogP contribution in [0, 0.1) is 0 Å². The van der Waals surface area contributed by atoms with Crippen LogP contribution in [0.4, 0.5) is 13.2 Å². The maximum atomic E-state index is 12.5. The van der Waals surface area contributed by atoms with Crippen LogP contribution in [-0.2, 0) is 22.8 Å². The molecule has 7 nitrogen and oxygen atoms in total. The molecule has 0 spiro atoms. The van der Waals surface area contributed by atoms with Gasteiger partial charge in [-0.25, -0.2) is 13.1 Å². The van der Waals surface area contributed by atoms with Crippen molar-refractivity contribution < 1.29 is 36.6 Å². The van der Waals surface area contributed by atoms with Gasteiger partial charge in [0.2, 0.25) is 10.0 Å². The van der Waals surface area contributed by atoms with Gasteiger partial charge in [-0.2, -0.15) is 13.2 Å². The van der Waals surface area contributed by atoms with Gasteiger partial charge in [-0.05, 0) is 29.8 Å². The van der Waals surface area contributed by atoms with Gasteiger partial charge in [0.1, 0.15) is 0 Å². The molecule has 1 aromatic heterocycles. The third kappa shape index (κ3) is 5.74. The summed E-state index contributed by atoms with van der Waals surface area (Å²) >= 11 is 0. The van der Waals surface area contributed by atoms with Crippen LogP contribution in [0.15, 0.2) is 42.6 Å². The van der Waals surface area contributed by atoms with E-state index in [1.54, 1.807) is 4.72 Å². The first kappa shape index (κ1) is 20.8. The third-order valence-corrected chi connectivity index (χ3v) is 4.75. The monoisotopic (exact) mass is 404 g/mol. The van der Waals surface area contributed by atoms with Crippen molar-refractivity contribution in [1.82, 2.24) is 9.71 Å². The highest BCUT2D eigenvalue weighted by atomic mass is 32.2. The second kappa shape index (κ2) is 8.03. The van der Waals surface area contributed by atoms with E-state index in [-0.39, 0.29) is 23.4 Å². The lowest BCUT2D eigenvalue weighted by Crippen LogP contribution is -2.34. The highest BCUT2D eigenvalue weighted by molar-refractivity contribution is 7.90. The Balaban J connectivity index is 2.04. The second-order valence-corrected chi connectivity index (χ2v) is 7.31. The largest absolute Gasteiger partial charge is 0.416 e. The molecule has 0 radical (unpaired) electrons. The minimum absolute atomic E-state index is 0.0465. The SMILES string of the molecule is O=C(NS(=O)(=O)CC(O)c1ccc(C(F)(F)F)cc1)c1ccc(CO)nc1. The maximum Gasteiger partial charge on any atom is 0.416 e. The summed E-state index contributed by atoms with van der Waals surface area (Å²) < 4.78 is 63.3. The fourth-order valence-corrected chi connectivity index (χ4v) is 3.18. The van der Waals surface area contributed by atoms with Gasteiger partial charge < -0.3 is 10.2 Å². The van der Waals surface area contributed by atoms with Crippen LogP contribution in [0.5, 0.6) is 0 Å². The van der Waals surface area contributed by atoms with E-state index in [0.717, 1.165) is 30.5 Å². The quantitative estimate of drug-likeness (QED) is 0.670. The molecule has 11 heteroatoms. The number of carbonyl (C=O) groups is 1. The van der Waals surface area contributed by atoms with E-state index in [2.05, 4.69) is 4.98 Å². The average molecular weight is 404 g/mol. The lowest BCUT2D eigenvalue weighted by atomic mass is 10.1. The van der Waals surface area contributed by atoms with Crippen molar-refractivity contribution in [3.8, 4) is 0 Å². The van der Waals surface area contributed by atoms with E-state index in [1.165, 1.54) is 12.1 Å². The van der Waals surface area contributed by atoms with Crippen LogP contribution in [-0.4, -0.2) is 35.3 Å². The molecule has 0 aliphatic rings. The van der Waals surface area contributed by atoms with Crippen LogP contribution in [0.2, 0.25) is 0 Å². The number of sulfonamides is 1. The van der Waals surface area contributed by atoms with Crippen LogP contribution >= 0.6 is 0 Å². The summed E-state index contributed by atoms with van der Waals surface area (Å²) in [6, 6.07) is 5.95. The van der Waals surface area contributed by atoms with E-state index >= 15 is 0 Å². The molecule has 1 unspecified atom stereocenters. The normalized spacial score (nSPS) is 13.2. The van der Waals surface area contributed by atoms with E-state index < -0.39 is 39.5 Å². The van der Waals surface area contributed by atoms with Crippen molar-refractivity contribution >= 4 is 15.9 Å². The number of halogens is 3. The van der Waals surface area contributed by atoms with Crippen LogP contribution in [0.1, 0.15) is 33.3 Å². The molecule has 0 saturated carbocycles. The molecular weight excluding hydrogens is 389 g/mol. The highest BCUT2D eigenvalue weighted by Crippen LogP contribution is 2.30. The summed E-state index contributed by atoms with van der Waals surface area (Å²) in [5.41, 5.74) is -0.782. The summed E-state index contributed by atoms with van der Waals surface area (Å²) in [5, 5.41) is 18.8. The Labute approximate surface area is 152 Å². The number of aliphatic hydroxyl groups excluding tert-OH is 2. The third-order valence-electron chi connectivity index (χ3n) is 3.50. The minimum atomic E-state index is -4.55. The average Bonchev–Trinajstić information content (AvgIpc) is 2.60. The molecule has 0 fully saturated rings. The summed E-state index contributed by atoms with van der Waals surface area (Å²) in [4.78, 5) is 15.7. The van der Waals surface area contributed by atoms with Gasteiger partial charge in [0.05, 0.1) is 35.3 Å². The fraction of sp³-hybridized carbons (Fsp3) is 0.250. The molecule has 1 heterocycles. The molecule has 0 aliphatic heterocycles. The number of benzene rings is 1. The van der Waals surface area contributed by atoms with Crippen molar-refractivity contribution in [2.45, 2.75) is 18.9 Å². The van der Waals surface area contributed by atoms with E-state index in [9.17, 15) is 31.5 Å². The Morgan fingerprint density at radius 3 is 2.26 bits per heavy atom. The first-order valence-corrected chi connectivity index (χ1v) is 9.13. The van der Waals surface area contributed by atoms with Crippen molar-refractivity contribution in [3.63, 3.8) is 0 Å². The van der Waals surface area contributed by atoms with Crippen LogP contribution < -0.4 is 4.72 Å². The number of nitrogens with zero attached hydrogens (tertiary/aromatic N) is 1. The van der Waals surface area contributed by atoms with E-state index in [0.29, 0.717) is 0 Å². The van der Waals surface area contributed by atoms with E-state index in [1.807, 2.05) is 0 Å². The van der Waals surface area contributed by atoms with E-state index in [4.69, 9.17) is 5.11 Å². The molecule has 0 aliphatic carbocycles. The Hall–Kier alpha value is -2.50. The molecule has 0 saturated heterocycles. The summed E-state index contributed by atoms with van der Waals surface area (Å²) in [6.45, 7) is -0.348. The minimum Gasteiger partial charge on any atom is -0.390 e. The number of amides is 1. The summed E-state index contributed by atoms with van der Waals surface area (Å²) in [6.07, 6.45) is -5.11. The molecule has 146 valence electrons. The number of hydrogen-bond acceptors (Lipinski definition) is 6. The lowest BCUT2D eigenvalue weighted by Gasteiger charge is -2.14. The number of rotatable bonds is 6. The highest BCUT2D eigenvalue weighted by Gasteiger charge is 2.30. The number of aliphatic hydroxyl groups is 2. The molecular formula is C16H15F3N2O5S. The molecule has 0 bridgehead atoms. The number of hydrogen-bond donors (Lipinski definition) is 3. The predicted octanol–water partition coefficient (Wildman–Crippen LogP) is 1.39. The number of nitrogens with one attached hydrogen (secondary N) is 1. The number of pyridine rings is 1. The predicted molar refractivity (Wildman–Crippen MR) is 87.8 cm³/mol. The van der Waals surface area contributed by atoms with Crippen molar-refractivity contribution in [2.24, 2.45) is 0 Å². The zero-order valence-electron chi connectivity index (χ0n) is 13.6.